The Balaban J connectivity index is 1.58. The first-order valence-electron chi connectivity index (χ1n) is 10.2. The monoisotopic (exact) mass is 429 g/mol. The molecule has 0 spiro atoms. The lowest BCUT2D eigenvalue weighted by Crippen LogP contribution is -2.37. The number of aryl methyl sites for hydroxylation is 1. The van der Waals surface area contributed by atoms with Gasteiger partial charge in [-0.15, -0.1) is 0 Å². The van der Waals surface area contributed by atoms with Crippen molar-refractivity contribution in [3.8, 4) is 0 Å². The van der Waals surface area contributed by atoms with Crippen LogP contribution in [0.2, 0.25) is 0 Å². The van der Waals surface area contributed by atoms with Crippen molar-refractivity contribution in [1.29, 1.82) is 0 Å². The number of hydrogen-bond acceptors (Lipinski definition) is 6. The number of imide groups is 1. The van der Waals surface area contributed by atoms with Crippen LogP contribution in [-0.2, 0) is 14.4 Å². The Hall–Kier alpha value is -4.04. The molecule has 0 N–H and O–H groups in total. The van der Waals surface area contributed by atoms with E-state index in [-0.39, 0.29) is 11.6 Å². The van der Waals surface area contributed by atoms with Crippen LogP contribution in [0.25, 0.3) is 0 Å². The summed E-state index contributed by atoms with van der Waals surface area (Å²) in [6, 6.07) is 21.8. The van der Waals surface area contributed by atoms with Gasteiger partial charge in [0, 0.05) is 12.1 Å². The van der Waals surface area contributed by atoms with E-state index in [1.807, 2.05) is 49.4 Å². The van der Waals surface area contributed by atoms with Gasteiger partial charge in [-0.1, -0.05) is 54.1 Å². The maximum Gasteiger partial charge on any atom is 0.271 e. The maximum atomic E-state index is 13.5. The van der Waals surface area contributed by atoms with E-state index >= 15 is 0 Å². The van der Waals surface area contributed by atoms with Gasteiger partial charge >= 0.3 is 0 Å². The molecule has 160 valence electrons. The number of fused-ring (bicyclic) bond motifs is 1. The van der Waals surface area contributed by atoms with Crippen molar-refractivity contribution >= 4 is 28.9 Å². The van der Waals surface area contributed by atoms with E-state index < -0.39 is 28.9 Å². The summed E-state index contributed by atoms with van der Waals surface area (Å²) in [7, 11) is 0. The highest BCUT2D eigenvalue weighted by Gasteiger charge is 2.60. The Labute approximate surface area is 183 Å². The second-order valence-electron chi connectivity index (χ2n) is 7.86. The fourth-order valence-electron chi connectivity index (χ4n) is 4.32. The maximum absolute atomic E-state index is 13.5. The summed E-state index contributed by atoms with van der Waals surface area (Å²) in [5.74, 6) is -1.59. The molecule has 2 aliphatic heterocycles. The number of nitrogens with zero attached hydrogens (tertiary/aromatic N) is 3. The number of nitro groups is 1. The Morgan fingerprint density at radius 1 is 0.875 bits per heavy atom. The molecular formula is C24H19N3O5. The van der Waals surface area contributed by atoms with Crippen molar-refractivity contribution in [2.24, 2.45) is 5.92 Å². The van der Waals surface area contributed by atoms with E-state index in [1.165, 1.54) is 22.1 Å². The van der Waals surface area contributed by atoms with Crippen molar-refractivity contribution in [3.05, 3.63) is 100 Å². The van der Waals surface area contributed by atoms with Gasteiger partial charge < -0.3 is 0 Å². The van der Waals surface area contributed by atoms with Crippen LogP contribution in [0.3, 0.4) is 0 Å². The molecule has 32 heavy (non-hydrogen) atoms. The van der Waals surface area contributed by atoms with Crippen LogP contribution in [0.5, 0.6) is 0 Å². The molecule has 0 saturated carbocycles. The Morgan fingerprint density at radius 2 is 1.59 bits per heavy atom. The van der Waals surface area contributed by atoms with Gasteiger partial charge in [0.15, 0.2) is 6.10 Å². The normalized spacial score (nSPS) is 22.3. The second-order valence-corrected chi connectivity index (χ2v) is 7.86. The number of nitro benzene ring substituents is 1. The molecule has 8 nitrogen and oxygen atoms in total. The van der Waals surface area contributed by atoms with Gasteiger partial charge in [-0.05, 0) is 30.7 Å². The summed E-state index contributed by atoms with van der Waals surface area (Å²) in [5.41, 5.74) is 2.60. The van der Waals surface area contributed by atoms with Crippen LogP contribution in [0.4, 0.5) is 17.1 Å². The summed E-state index contributed by atoms with van der Waals surface area (Å²) in [6.07, 6.45) is -1.02. The second kappa shape index (κ2) is 7.58. The minimum Gasteiger partial charge on any atom is -0.273 e. The molecular weight excluding hydrogens is 410 g/mol. The first-order chi connectivity index (χ1) is 15.5. The summed E-state index contributed by atoms with van der Waals surface area (Å²) in [4.78, 5) is 44.8. The number of anilines is 2. The molecule has 3 aromatic carbocycles. The number of benzene rings is 3. The molecule has 0 bridgehead atoms. The fraction of sp³-hybridized carbons (Fsp3) is 0.167. The summed E-state index contributed by atoms with van der Waals surface area (Å²) in [6.45, 7) is 1.93. The average molecular weight is 429 g/mol. The number of non-ortho nitro benzene ring substituents is 1. The van der Waals surface area contributed by atoms with Gasteiger partial charge in [0.1, 0.15) is 5.92 Å². The van der Waals surface area contributed by atoms with Gasteiger partial charge in [0.05, 0.1) is 22.3 Å². The van der Waals surface area contributed by atoms with Crippen LogP contribution in [0.1, 0.15) is 17.2 Å². The lowest BCUT2D eigenvalue weighted by atomic mass is 9.90. The molecule has 2 heterocycles. The quantitative estimate of drug-likeness (QED) is 0.354. The highest BCUT2D eigenvalue weighted by Crippen LogP contribution is 2.47. The third-order valence-electron chi connectivity index (χ3n) is 5.84. The standard InChI is InChI=1S/C24H19N3O5/c1-15-10-12-17(13-11-15)25-23(28)20-21(16-6-3-2-4-7-16)26(32-22(20)24(25)29)18-8-5-9-19(14-18)27(30)31/h2-14,20-22H,1H3. The van der Waals surface area contributed by atoms with E-state index in [4.69, 9.17) is 4.84 Å². The van der Waals surface area contributed by atoms with Crippen molar-refractivity contribution in [1.82, 2.24) is 0 Å². The van der Waals surface area contributed by atoms with Gasteiger partial charge in [-0.3, -0.25) is 24.5 Å². The molecule has 0 aliphatic carbocycles. The number of amides is 2. The van der Waals surface area contributed by atoms with Gasteiger partial charge in [-0.2, -0.15) is 0 Å². The third-order valence-corrected chi connectivity index (χ3v) is 5.84. The first-order valence-corrected chi connectivity index (χ1v) is 10.2. The number of rotatable bonds is 4. The molecule has 8 heteroatoms. The molecule has 2 amide bonds. The van der Waals surface area contributed by atoms with Crippen LogP contribution >= 0.6 is 0 Å². The molecule has 0 aromatic heterocycles. The van der Waals surface area contributed by atoms with Crippen LogP contribution in [0.15, 0.2) is 78.9 Å². The van der Waals surface area contributed by atoms with Gasteiger partial charge in [-0.25, -0.2) is 9.96 Å². The minimum absolute atomic E-state index is 0.103. The van der Waals surface area contributed by atoms with E-state index in [9.17, 15) is 19.7 Å². The summed E-state index contributed by atoms with van der Waals surface area (Å²) in [5, 5.41) is 12.7. The number of hydroxylamine groups is 1. The zero-order valence-electron chi connectivity index (χ0n) is 17.1. The van der Waals surface area contributed by atoms with Crippen molar-refractivity contribution in [2.45, 2.75) is 19.1 Å². The van der Waals surface area contributed by atoms with E-state index in [2.05, 4.69) is 0 Å². The zero-order chi connectivity index (χ0) is 22.4. The molecule has 2 saturated heterocycles. The fourth-order valence-corrected chi connectivity index (χ4v) is 4.32. The lowest BCUT2D eigenvalue weighted by Gasteiger charge is -2.28. The molecule has 2 aliphatic rings. The SMILES string of the molecule is Cc1ccc(N2C(=O)C3ON(c4cccc([N+](=O)[O-])c4)C(c4ccccc4)C3C2=O)cc1. The number of carbonyl (C=O) groups excluding carboxylic acids is 2. The Kier molecular flexibility index (Phi) is 4.71. The summed E-state index contributed by atoms with van der Waals surface area (Å²) < 4.78 is 0. The molecule has 3 aromatic rings. The highest BCUT2D eigenvalue weighted by atomic mass is 16.7. The largest absolute Gasteiger partial charge is 0.273 e. The van der Waals surface area contributed by atoms with Crippen LogP contribution in [0, 0.1) is 23.0 Å². The van der Waals surface area contributed by atoms with Crippen molar-refractivity contribution in [3.63, 3.8) is 0 Å². The molecule has 0 radical (unpaired) electrons. The van der Waals surface area contributed by atoms with Gasteiger partial charge in [0.25, 0.3) is 11.6 Å². The topological polar surface area (TPSA) is 93.0 Å². The number of hydrogen-bond donors (Lipinski definition) is 0. The predicted octanol–water partition coefficient (Wildman–Crippen LogP) is 3.95. The zero-order valence-corrected chi connectivity index (χ0v) is 17.1. The minimum atomic E-state index is -1.02. The van der Waals surface area contributed by atoms with Crippen LogP contribution in [-0.4, -0.2) is 22.8 Å². The summed E-state index contributed by atoms with van der Waals surface area (Å²) >= 11 is 0. The van der Waals surface area contributed by atoms with E-state index in [1.54, 1.807) is 24.3 Å². The molecule has 2 fully saturated rings. The van der Waals surface area contributed by atoms with Gasteiger partial charge in [0.2, 0.25) is 5.91 Å². The average Bonchev–Trinajstić information content (AvgIpc) is 3.31. The molecule has 5 rings (SSSR count). The molecule has 3 atom stereocenters. The molecule has 3 unspecified atom stereocenters. The smallest absolute Gasteiger partial charge is 0.271 e. The van der Waals surface area contributed by atoms with Crippen LogP contribution < -0.4 is 9.96 Å². The third kappa shape index (κ3) is 3.12. The Morgan fingerprint density at radius 3 is 2.28 bits per heavy atom. The van der Waals surface area contributed by atoms with Crippen molar-refractivity contribution in [2.75, 3.05) is 9.96 Å². The highest BCUT2D eigenvalue weighted by molar-refractivity contribution is 6.23. The van der Waals surface area contributed by atoms with Crippen molar-refractivity contribution < 1.29 is 19.3 Å². The predicted molar refractivity (Wildman–Crippen MR) is 117 cm³/mol. The number of carbonyl (C=O) groups is 2. The Bertz CT molecular complexity index is 1210. The first kappa shape index (κ1) is 19.9. The lowest BCUT2D eigenvalue weighted by molar-refractivity contribution is -0.384. The van der Waals surface area contributed by atoms with E-state index in [0.29, 0.717) is 11.4 Å². The van der Waals surface area contributed by atoms with E-state index in [0.717, 1.165) is 11.1 Å².